The number of nitrogens with zero attached hydrogens (tertiary/aromatic N) is 4. The van der Waals surface area contributed by atoms with Gasteiger partial charge in [-0.15, -0.1) is 5.10 Å². The second-order valence-corrected chi connectivity index (χ2v) is 6.79. The number of carbonyl (C=O) groups excluding carboxylic acids is 1. The Balaban J connectivity index is 1.98. The third-order valence-electron chi connectivity index (χ3n) is 3.67. The van der Waals surface area contributed by atoms with Crippen LogP contribution in [0.5, 0.6) is 0 Å². The fraction of sp³-hybridized carbons (Fsp3) is 0.800. The van der Waals surface area contributed by atoms with Gasteiger partial charge in [-0.2, -0.15) is 0 Å². The third-order valence-corrected chi connectivity index (χ3v) is 3.67. The topological polar surface area (TPSA) is 63.1 Å². The van der Waals surface area contributed by atoms with E-state index in [-0.39, 0.29) is 18.0 Å². The van der Waals surface area contributed by atoms with Crippen molar-refractivity contribution >= 4 is 5.91 Å². The summed E-state index contributed by atoms with van der Waals surface area (Å²) in [7, 11) is 0. The Morgan fingerprint density at radius 1 is 1.45 bits per heavy atom. The molecule has 2 atom stereocenters. The van der Waals surface area contributed by atoms with E-state index in [9.17, 15) is 9.18 Å². The number of likely N-dealkylation sites (tertiary alicyclic amines) is 1. The molecule has 2 heterocycles. The molecule has 0 bridgehead atoms. The van der Waals surface area contributed by atoms with Crippen molar-refractivity contribution in [3.63, 3.8) is 0 Å². The van der Waals surface area contributed by atoms with Gasteiger partial charge in [-0.25, -0.2) is 4.39 Å². The standard InChI is InChI=1S/C15H26FN5O/c1-10(2)6-20-7-12(16)5-13(20)8-21-9-14(18-19-21)15(22)17-11(3)4/h9-13H,5-8H2,1-4H3,(H,17,22). The maximum Gasteiger partial charge on any atom is 0.273 e. The number of alkyl halides is 1. The van der Waals surface area contributed by atoms with E-state index < -0.39 is 6.17 Å². The summed E-state index contributed by atoms with van der Waals surface area (Å²) in [5.41, 5.74) is 0.305. The van der Waals surface area contributed by atoms with Crippen LogP contribution >= 0.6 is 0 Å². The Kier molecular flexibility index (Phi) is 5.50. The quantitative estimate of drug-likeness (QED) is 0.864. The lowest BCUT2D eigenvalue weighted by Crippen LogP contribution is -2.36. The molecule has 0 aromatic carbocycles. The minimum absolute atomic E-state index is 0.0568. The van der Waals surface area contributed by atoms with Crippen molar-refractivity contribution in [3.05, 3.63) is 11.9 Å². The fourth-order valence-electron chi connectivity index (χ4n) is 2.85. The van der Waals surface area contributed by atoms with Crippen molar-refractivity contribution < 1.29 is 9.18 Å². The maximum absolute atomic E-state index is 13.7. The molecule has 2 rings (SSSR count). The lowest BCUT2D eigenvalue weighted by Gasteiger charge is -2.25. The number of rotatable bonds is 6. The fourth-order valence-corrected chi connectivity index (χ4v) is 2.85. The summed E-state index contributed by atoms with van der Waals surface area (Å²) in [6.45, 7) is 9.98. The third kappa shape index (κ3) is 4.50. The van der Waals surface area contributed by atoms with Crippen LogP contribution in [0.15, 0.2) is 6.20 Å². The number of carbonyl (C=O) groups is 1. The van der Waals surface area contributed by atoms with Gasteiger partial charge in [-0.05, 0) is 26.2 Å². The zero-order valence-corrected chi connectivity index (χ0v) is 13.8. The van der Waals surface area contributed by atoms with Gasteiger partial charge in [0.1, 0.15) is 6.17 Å². The number of nitrogens with one attached hydrogen (secondary N) is 1. The van der Waals surface area contributed by atoms with Crippen LogP contribution in [0.2, 0.25) is 0 Å². The smallest absolute Gasteiger partial charge is 0.273 e. The first-order valence-corrected chi connectivity index (χ1v) is 7.94. The van der Waals surface area contributed by atoms with E-state index in [4.69, 9.17) is 0 Å². The molecule has 0 radical (unpaired) electrons. The molecule has 124 valence electrons. The zero-order valence-electron chi connectivity index (χ0n) is 13.8. The molecule has 0 aliphatic carbocycles. The molecule has 1 N–H and O–H groups in total. The highest BCUT2D eigenvalue weighted by Crippen LogP contribution is 2.22. The number of hydrogen-bond donors (Lipinski definition) is 1. The molecule has 1 amide bonds. The highest BCUT2D eigenvalue weighted by molar-refractivity contribution is 5.91. The first-order valence-electron chi connectivity index (χ1n) is 7.94. The van der Waals surface area contributed by atoms with E-state index in [1.807, 2.05) is 13.8 Å². The average Bonchev–Trinajstić information content (AvgIpc) is 2.96. The number of aromatic nitrogens is 3. The Morgan fingerprint density at radius 3 is 2.82 bits per heavy atom. The molecule has 0 spiro atoms. The van der Waals surface area contributed by atoms with Gasteiger partial charge in [-0.3, -0.25) is 14.4 Å². The van der Waals surface area contributed by atoms with E-state index in [2.05, 4.69) is 34.4 Å². The Labute approximate surface area is 131 Å². The van der Waals surface area contributed by atoms with Crippen molar-refractivity contribution in [1.29, 1.82) is 0 Å². The predicted octanol–water partition coefficient (Wildman–Crippen LogP) is 1.48. The van der Waals surface area contributed by atoms with Gasteiger partial charge in [0.05, 0.1) is 12.7 Å². The Bertz CT molecular complexity index is 502. The van der Waals surface area contributed by atoms with Crippen molar-refractivity contribution in [2.75, 3.05) is 13.1 Å². The molecule has 1 aromatic rings. The highest BCUT2D eigenvalue weighted by atomic mass is 19.1. The first-order chi connectivity index (χ1) is 10.3. The molecular weight excluding hydrogens is 285 g/mol. The summed E-state index contributed by atoms with van der Waals surface area (Å²) in [6, 6.07) is 0.168. The molecule has 6 nitrogen and oxygen atoms in total. The van der Waals surface area contributed by atoms with Crippen molar-refractivity contribution in [3.8, 4) is 0 Å². The number of hydrogen-bond acceptors (Lipinski definition) is 4. The molecule has 1 aliphatic heterocycles. The molecule has 1 aromatic heterocycles. The molecule has 1 saturated heterocycles. The second kappa shape index (κ2) is 7.17. The molecule has 7 heteroatoms. The number of amides is 1. The van der Waals surface area contributed by atoms with Crippen LogP contribution < -0.4 is 5.32 Å². The van der Waals surface area contributed by atoms with E-state index in [1.165, 1.54) is 0 Å². The van der Waals surface area contributed by atoms with Crippen LogP contribution in [0.4, 0.5) is 4.39 Å². The number of halogens is 1. The van der Waals surface area contributed by atoms with Gasteiger partial charge in [0.25, 0.3) is 5.91 Å². The normalized spacial score (nSPS) is 22.7. The van der Waals surface area contributed by atoms with Crippen molar-refractivity contribution in [1.82, 2.24) is 25.2 Å². The van der Waals surface area contributed by atoms with Gasteiger partial charge in [0, 0.05) is 25.2 Å². The van der Waals surface area contributed by atoms with Crippen molar-refractivity contribution in [2.24, 2.45) is 5.92 Å². The van der Waals surface area contributed by atoms with Crippen LogP contribution in [-0.4, -0.2) is 57.1 Å². The minimum Gasteiger partial charge on any atom is -0.348 e. The predicted molar refractivity (Wildman–Crippen MR) is 82.3 cm³/mol. The van der Waals surface area contributed by atoms with E-state index in [1.54, 1.807) is 10.9 Å². The average molecular weight is 311 g/mol. The summed E-state index contributed by atoms with van der Waals surface area (Å²) in [5, 5.41) is 10.7. The lowest BCUT2D eigenvalue weighted by atomic mass is 10.1. The second-order valence-electron chi connectivity index (χ2n) is 6.79. The zero-order chi connectivity index (χ0) is 16.3. The van der Waals surface area contributed by atoms with Crippen LogP contribution in [0.3, 0.4) is 0 Å². The van der Waals surface area contributed by atoms with Crippen molar-refractivity contribution in [2.45, 2.75) is 58.9 Å². The van der Waals surface area contributed by atoms with Gasteiger partial charge >= 0.3 is 0 Å². The van der Waals surface area contributed by atoms with E-state index in [0.29, 0.717) is 31.1 Å². The molecule has 1 fully saturated rings. The summed E-state index contributed by atoms with van der Waals surface area (Å²) < 4.78 is 15.3. The summed E-state index contributed by atoms with van der Waals surface area (Å²) in [5.74, 6) is 0.269. The van der Waals surface area contributed by atoms with Crippen LogP contribution in [0.25, 0.3) is 0 Å². The SMILES string of the molecule is CC(C)CN1CC(F)CC1Cn1cc(C(=O)NC(C)C)nn1. The highest BCUT2D eigenvalue weighted by Gasteiger charge is 2.32. The van der Waals surface area contributed by atoms with Crippen LogP contribution in [-0.2, 0) is 6.54 Å². The summed E-state index contributed by atoms with van der Waals surface area (Å²) in [6.07, 6.45) is 1.37. The largest absolute Gasteiger partial charge is 0.348 e. The molecule has 22 heavy (non-hydrogen) atoms. The van der Waals surface area contributed by atoms with Gasteiger partial charge in [-0.1, -0.05) is 19.1 Å². The minimum atomic E-state index is -0.781. The molecule has 1 aliphatic rings. The summed E-state index contributed by atoms with van der Waals surface area (Å²) in [4.78, 5) is 14.0. The van der Waals surface area contributed by atoms with Crippen LogP contribution in [0, 0.1) is 5.92 Å². The van der Waals surface area contributed by atoms with E-state index >= 15 is 0 Å². The van der Waals surface area contributed by atoms with Crippen LogP contribution in [0.1, 0.15) is 44.6 Å². The lowest BCUT2D eigenvalue weighted by molar-refractivity contribution is 0.0938. The molecule has 2 unspecified atom stereocenters. The summed E-state index contributed by atoms with van der Waals surface area (Å²) >= 11 is 0. The van der Waals surface area contributed by atoms with Gasteiger partial charge in [0.2, 0.25) is 0 Å². The van der Waals surface area contributed by atoms with E-state index in [0.717, 1.165) is 6.54 Å². The van der Waals surface area contributed by atoms with Gasteiger partial charge in [0.15, 0.2) is 5.69 Å². The Morgan fingerprint density at radius 2 is 2.18 bits per heavy atom. The maximum atomic E-state index is 13.7. The monoisotopic (exact) mass is 311 g/mol. The first kappa shape index (κ1) is 16.9. The Hall–Kier alpha value is -1.50. The van der Waals surface area contributed by atoms with Gasteiger partial charge < -0.3 is 5.32 Å². The molecule has 0 saturated carbocycles. The molecular formula is C15H26FN5O.